The van der Waals surface area contributed by atoms with E-state index in [0.29, 0.717) is 24.2 Å². The van der Waals surface area contributed by atoms with Crippen LogP contribution >= 0.6 is 0 Å². The Kier molecular flexibility index (Phi) is 8.18. The van der Waals surface area contributed by atoms with Gasteiger partial charge in [-0.2, -0.15) is 0 Å². The fourth-order valence-corrected chi connectivity index (χ4v) is 1.63. The van der Waals surface area contributed by atoms with Crippen molar-refractivity contribution < 1.29 is 52.0 Å². The molecule has 2 N–H and O–H groups in total. The second-order valence-corrected chi connectivity index (χ2v) is 4.19. The van der Waals surface area contributed by atoms with Crippen molar-refractivity contribution >= 4 is 12.4 Å². The molecule has 21 heavy (non-hydrogen) atoms. The third kappa shape index (κ3) is 5.95. The quantitative estimate of drug-likeness (QED) is 0.590. The van der Waals surface area contributed by atoms with Gasteiger partial charge in [0.05, 0.1) is 13.1 Å². The van der Waals surface area contributed by atoms with Crippen molar-refractivity contribution in [1.29, 1.82) is 0 Å². The van der Waals surface area contributed by atoms with Crippen LogP contribution in [0.4, 0.5) is 0 Å². The fourth-order valence-electron chi connectivity index (χ4n) is 1.63. The van der Waals surface area contributed by atoms with E-state index >= 15 is 0 Å². The van der Waals surface area contributed by atoms with Crippen LogP contribution in [0.25, 0.3) is 0 Å². The third-order valence-electron chi connectivity index (χ3n) is 2.69. The molecule has 0 bridgehead atoms. The molecule has 0 saturated heterocycles. The molecule has 4 nitrogen and oxygen atoms in total. The SMILES string of the molecule is Oc1ccccc1/C=N/CC/N=C/c1ccccc1O.[Ce]. The summed E-state index contributed by atoms with van der Waals surface area (Å²) in [6, 6.07) is 14.1. The van der Waals surface area contributed by atoms with Crippen LogP contribution in [0.3, 0.4) is 0 Å². The summed E-state index contributed by atoms with van der Waals surface area (Å²) >= 11 is 0. The number of benzene rings is 2. The van der Waals surface area contributed by atoms with Crippen LogP contribution in [0.15, 0.2) is 58.5 Å². The largest absolute Gasteiger partial charge is 0.507 e. The molecule has 0 aliphatic heterocycles. The minimum absolute atomic E-state index is 0. The molecule has 2 rings (SSSR count). The molecule has 2 aromatic rings. The van der Waals surface area contributed by atoms with E-state index in [0.717, 1.165) is 0 Å². The number of phenolic OH excluding ortho intramolecular Hbond substituents is 2. The zero-order valence-electron chi connectivity index (χ0n) is 11.5. The smallest absolute Gasteiger partial charge is 0.124 e. The van der Waals surface area contributed by atoms with Crippen LogP contribution < -0.4 is 0 Å². The summed E-state index contributed by atoms with van der Waals surface area (Å²) in [7, 11) is 0. The molecular formula is C16H16CeN2O2. The van der Waals surface area contributed by atoms with Crippen LogP contribution in [0.1, 0.15) is 11.1 Å². The van der Waals surface area contributed by atoms with Gasteiger partial charge in [-0.05, 0) is 24.3 Å². The van der Waals surface area contributed by atoms with Crippen molar-refractivity contribution in [1.82, 2.24) is 0 Å². The maximum absolute atomic E-state index is 9.54. The monoisotopic (exact) mass is 408 g/mol. The molecule has 0 heterocycles. The summed E-state index contributed by atoms with van der Waals surface area (Å²) in [6.45, 7) is 1.05. The topological polar surface area (TPSA) is 65.2 Å². The zero-order valence-corrected chi connectivity index (χ0v) is 14.6. The van der Waals surface area contributed by atoms with Gasteiger partial charge in [-0.3, -0.25) is 9.98 Å². The van der Waals surface area contributed by atoms with E-state index in [4.69, 9.17) is 0 Å². The maximum atomic E-state index is 9.54. The standard InChI is InChI=1S/C16H16N2O2.Ce/c19-15-7-3-1-5-13(15)11-17-9-10-18-12-14-6-2-4-8-16(14)20;/h1-8,11-12,19-20H,9-10H2;/b17-11+,18-12+;. The number of hydrogen-bond donors (Lipinski definition) is 2. The molecule has 0 aliphatic carbocycles. The van der Waals surface area contributed by atoms with Gasteiger partial charge in [0, 0.05) is 65.3 Å². The van der Waals surface area contributed by atoms with Gasteiger partial charge < -0.3 is 10.2 Å². The minimum atomic E-state index is 0. The summed E-state index contributed by atoms with van der Waals surface area (Å²) in [4.78, 5) is 8.39. The van der Waals surface area contributed by atoms with E-state index < -0.39 is 0 Å². The number of aliphatic imine (C=N–C) groups is 2. The second kappa shape index (κ2) is 9.65. The number of hydrogen-bond acceptors (Lipinski definition) is 4. The van der Waals surface area contributed by atoms with E-state index in [1.54, 1.807) is 48.8 Å². The van der Waals surface area contributed by atoms with E-state index in [9.17, 15) is 10.2 Å². The van der Waals surface area contributed by atoms with Crippen LogP contribution in [0, 0.1) is 41.7 Å². The molecular weight excluding hydrogens is 392 g/mol. The van der Waals surface area contributed by atoms with E-state index in [1.165, 1.54) is 0 Å². The first-order chi connectivity index (χ1) is 9.77. The Bertz CT molecular complexity index is 572. The average molecular weight is 408 g/mol. The van der Waals surface area contributed by atoms with Gasteiger partial charge in [0.25, 0.3) is 0 Å². The molecule has 0 atom stereocenters. The van der Waals surface area contributed by atoms with Gasteiger partial charge in [0.15, 0.2) is 0 Å². The number of para-hydroxylation sites is 2. The van der Waals surface area contributed by atoms with Gasteiger partial charge in [0.2, 0.25) is 0 Å². The van der Waals surface area contributed by atoms with Gasteiger partial charge >= 0.3 is 0 Å². The molecule has 0 spiro atoms. The molecule has 0 amide bonds. The Morgan fingerprint density at radius 1 is 0.714 bits per heavy atom. The van der Waals surface area contributed by atoms with Crippen LogP contribution in [0.5, 0.6) is 11.5 Å². The van der Waals surface area contributed by atoms with Crippen LogP contribution in [0.2, 0.25) is 0 Å². The Hall–Kier alpha value is -1.24. The van der Waals surface area contributed by atoms with Gasteiger partial charge in [-0.1, -0.05) is 24.3 Å². The first-order valence-electron chi connectivity index (χ1n) is 6.33. The van der Waals surface area contributed by atoms with Crippen molar-refractivity contribution in [2.45, 2.75) is 0 Å². The molecule has 0 aromatic heterocycles. The second-order valence-electron chi connectivity index (χ2n) is 4.19. The Morgan fingerprint density at radius 3 is 1.48 bits per heavy atom. The minimum Gasteiger partial charge on any atom is -0.507 e. The molecule has 5 heteroatoms. The van der Waals surface area contributed by atoms with Gasteiger partial charge in [-0.15, -0.1) is 0 Å². The molecule has 0 unspecified atom stereocenters. The number of phenols is 2. The van der Waals surface area contributed by atoms with Crippen molar-refractivity contribution in [3.8, 4) is 11.5 Å². The fraction of sp³-hybridized carbons (Fsp3) is 0.125. The van der Waals surface area contributed by atoms with Crippen molar-refractivity contribution in [2.24, 2.45) is 9.98 Å². The predicted octanol–water partition coefficient (Wildman–Crippen LogP) is 2.64. The molecule has 0 radical (unpaired) electrons. The molecule has 0 saturated carbocycles. The Morgan fingerprint density at radius 2 is 1.10 bits per heavy atom. The summed E-state index contributed by atoms with van der Waals surface area (Å²) in [5, 5.41) is 19.1. The van der Waals surface area contributed by atoms with E-state index in [2.05, 4.69) is 9.98 Å². The van der Waals surface area contributed by atoms with Crippen molar-refractivity contribution in [3.05, 3.63) is 59.7 Å². The van der Waals surface area contributed by atoms with Crippen LogP contribution in [-0.2, 0) is 0 Å². The molecule has 0 fully saturated rings. The van der Waals surface area contributed by atoms with E-state index in [-0.39, 0.29) is 53.2 Å². The molecule has 0 aliphatic rings. The van der Waals surface area contributed by atoms with Gasteiger partial charge in [0.1, 0.15) is 11.5 Å². The maximum Gasteiger partial charge on any atom is 0.124 e. The third-order valence-corrected chi connectivity index (χ3v) is 2.69. The normalized spacial score (nSPS) is 10.9. The van der Waals surface area contributed by atoms with Crippen molar-refractivity contribution in [3.63, 3.8) is 0 Å². The summed E-state index contributed by atoms with van der Waals surface area (Å²) in [5.41, 5.74) is 1.38. The summed E-state index contributed by atoms with van der Waals surface area (Å²) < 4.78 is 0. The van der Waals surface area contributed by atoms with Crippen LogP contribution in [-0.4, -0.2) is 35.7 Å². The average Bonchev–Trinajstić information content (AvgIpc) is 2.46. The summed E-state index contributed by atoms with van der Waals surface area (Å²) in [5.74, 6) is 0.433. The number of aromatic hydroxyl groups is 2. The van der Waals surface area contributed by atoms with Crippen molar-refractivity contribution in [2.75, 3.05) is 13.1 Å². The predicted molar refractivity (Wildman–Crippen MR) is 81.1 cm³/mol. The first kappa shape index (κ1) is 17.8. The Labute approximate surface area is 157 Å². The summed E-state index contributed by atoms with van der Waals surface area (Å²) in [6.07, 6.45) is 3.26. The number of rotatable bonds is 5. The molecule has 2 aromatic carbocycles. The van der Waals surface area contributed by atoms with E-state index in [1.807, 2.05) is 12.1 Å². The zero-order chi connectivity index (χ0) is 14.2. The van der Waals surface area contributed by atoms with Gasteiger partial charge in [-0.25, -0.2) is 0 Å². The molecule has 106 valence electrons. The first-order valence-corrected chi connectivity index (χ1v) is 6.33. The number of nitrogens with zero attached hydrogens (tertiary/aromatic N) is 2. The Balaban J connectivity index is 0.00000220.